The van der Waals surface area contributed by atoms with Crippen LogP contribution in [0.15, 0.2) is 68.1 Å². The van der Waals surface area contributed by atoms with E-state index in [0.29, 0.717) is 19.0 Å². The van der Waals surface area contributed by atoms with Gasteiger partial charge >= 0.3 is 0 Å². The van der Waals surface area contributed by atoms with Gasteiger partial charge in [-0.3, -0.25) is 6.79 Å². The maximum absolute atomic E-state index is 7.75. The second-order valence-electron chi connectivity index (χ2n) is 4.61. The van der Waals surface area contributed by atoms with Gasteiger partial charge in [0.15, 0.2) is 0 Å². The summed E-state index contributed by atoms with van der Waals surface area (Å²) in [7, 11) is 0. The molecule has 0 N–H and O–H groups in total. The molecule has 0 bridgehead atoms. The van der Waals surface area contributed by atoms with Crippen LogP contribution in [-0.2, 0) is 11.4 Å². The van der Waals surface area contributed by atoms with Gasteiger partial charge in [-0.05, 0) is 48.5 Å². The quantitative estimate of drug-likeness (QED) is 0.199. The smallest absolute Gasteiger partial charge is 0.148 e. The molecule has 5 nitrogen and oxygen atoms in total. The van der Waals surface area contributed by atoms with E-state index in [1.165, 1.54) is 0 Å². The fourth-order valence-corrected chi connectivity index (χ4v) is 2.15. The summed E-state index contributed by atoms with van der Waals surface area (Å²) in [6.45, 7) is 3.94. The van der Waals surface area contributed by atoms with Crippen LogP contribution >= 0.6 is 31.9 Å². The number of hydrogen-bond donors (Lipinski definition) is 0. The Morgan fingerprint density at radius 1 is 1.00 bits per heavy atom. The number of aromatic nitrogens is 1. The molecular weight excluding hydrogens is 954 g/mol. The molecule has 0 fully saturated rings. The minimum Gasteiger partial charge on any atom is -0.545 e. The zero-order valence-electron chi connectivity index (χ0n) is 15.1. The van der Waals surface area contributed by atoms with Crippen molar-refractivity contribution in [2.75, 3.05) is 6.61 Å². The first kappa shape index (κ1) is 30.7. The third-order valence-electron chi connectivity index (χ3n) is 2.77. The molecule has 3 aromatic rings. The van der Waals surface area contributed by atoms with E-state index < -0.39 is 0 Å². The van der Waals surface area contributed by atoms with Crippen molar-refractivity contribution in [1.82, 2.24) is 5.16 Å². The first-order valence-corrected chi connectivity index (χ1v) is 9.01. The van der Waals surface area contributed by atoms with E-state index >= 15 is 0 Å². The SMILES string of the molecule is Brc1ccc(OCc2c[c-]no2)cc1.C#CCOc1ccc(Br)cc1.[CH-]=O.[HH].[U].[U]. The predicted molar refractivity (Wildman–Crippen MR) is 111 cm³/mol. The summed E-state index contributed by atoms with van der Waals surface area (Å²) in [4.78, 5) is 7.75. The first-order chi connectivity index (χ1) is 13.2. The van der Waals surface area contributed by atoms with Gasteiger partial charge in [0.2, 0.25) is 0 Å². The Kier molecular flexibility index (Phi) is 20.7. The fourth-order valence-electron chi connectivity index (χ4n) is 1.62. The standard InChI is InChI=1S/C10H7BrNO2.C9H7BrO.CHO.2U.H2/c11-8-1-3-9(4-2-8)13-7-10-5-6-12-14-10;1-2-7-11-9-5-3-8(10)4-6-9;1-2;;;/h1-5H,7H2;1,3-6H,7H2;1H;;;1H/q-1;;-1;;;. The van der Waals surface area contributed by atoms with Crippen LogP contribution in [0.1, 0.15) is 7.19 Å². The summed E-state index contributed by atoms with van der Waals surface area (Å²) < 4.78 is 17.5. The molecule has 0 atom stereocenters. The average molecular weight is 971 g/mol. The molecule has 0 amide bonds. The molecule has 0 radical (unpaired) electrons. The van der Waals surface area contributed by atoms with E-state index in [2.05, 4.69) is 55.9 Å². The molecule has 0 aliphatic rings. The average Bonchev–Trinajstić information content (AvgIpc) is 3.23. The van der Waals surface area contributed by atoms with Gasteiger partial charge < -0.3 is 18.8 Å². The van der Waals surface area contributed by atoms with E-state index in [1.807, 2.05) is 48.5 Å². The van der Waals surface area contributed by atoms with Crippen LogP contribution in [-0.4, -0.2) is 18.6 Å². The molecule has 1 aromatic heterocycles. The van der Waals surface area contributed by atoms with Gasteiger partial charge in [-0.2, -0.15) is 6.07 Å². The van der Waals surface area contributed by atoms with Gasteiger partial charge in [0, 0.05) is 78.4 Å². The van der Waals surface area contributed by atoms with Gasteiger partial charge in [0.25, 0.3) is 0 Å². The van der Waals surface area contributed by atoms with Crippen LogP contribution in [0.3, 0.4) is 0 Å². The number of carbonyl (C=O) groups excluding carboxylic acids is 1. The van der Waals surface area contributed by atoms with Crippen LogP contribution in [0, 0.1) is 80.8 Å². The normalized spacial score (nSPS) is 8.31. The second-order valence-corrected chi connectivity index (χ2v) is 6.44. The third-order valence-corrected chi connectivity index (χ3v) is 3.83. The Balaban J connectivity index is -0.000000419. The summed E-state index contributed by atoms with van der Waals surface area (Å²) in [6, 6.07) is 16.8. The molecule has 1 heterocycles. The van der Waals surface area contributed by atoms with Crippen molar-refractivity contribution in [1.29, 1.82) is 0 Å². The molecule has 0 saturated heterocycles. The van der Waals surface area contributed by atoms with Gasteiger partial charge in [0.05, 0.1) is 6.61 Å². The number of benzene rings is 2. The molecule has 150 valence electrons. The maximum atomic E-state index is 7.75. The molecule has 0 aliphatic carbocycles. The van der Waals surface area contributed by atoms with Gasteiger partial charge in [-0.15, -0.1) is 12.6 Å². The van der Waals surface area contributed by atoms with Crippen molar-refractivity contribution < 1.29 is 82.4 Å². The Hall–Kier alpha value is -0.456. The molecular formula is C20H17Br2NO4U2-2. The van der Waals surface area contributed by atoms with Crippen molar-refractivity contribution in [3.63, 3.8) is 0 Å². The summed E-state index contributed by atoms with van der Waals surface area (Å²) in [5.74, 6) is 4.65. The summed E-state index contributed by atoms with van der Waals surface area (Å²) in [6.07, 6.45) is 7.59. The van der Waals surface area contributed by atoms with Crippen molar-refractivity contribution >= 4 is 38.6 Å². The topological polar surface area (TPSA) is 61.6 Å². The molecule has 9 heteroatoms. The third kappa shape index (κ3) is 14.2. The minimum atomic E-state index is 0. The van der Waals surface area contributed by atoms with Gasteiger partial charge in [0.1, 0.15) is 18.1 Å². The van der Waals surface area contributed by atoms with Crippen molar-refractivity contribution in [2.24, 2.45) is 0 Å². The maximum Gasteiger partial charge on any atom is 0.148 e. The molecule has 0 saturated carbocycles. The van der Waals surface area contributed by atoms with Crippen LogP contribution in [0.5, 0.6) is 11.5 Å². The zero-order chi connectivity index (χ0) is 19.9. The van der Waals surface area contributed by atoms with Crippen molar-refractivity contribution in [2.45, 2.75) is 6.61 Å². The fraction of sp³-hybridized carbons (Fsp3) is 0.100. The molecule has 2 aromatic carbocycles. The van der Waals surface area contributed by atoms with Crippen LogP contribution < -0.4 is 9.47 Å². The summed E-state index contributed by atoms with van der Waals surface area (Å²) in [5.41, 5.74) is 0. The Morgan fingerprint density at radius 3 is 1.90 bits per heavy atom. The Morgan fingerprint density at radius 2 is 1.48 bits per heavy atom. The van der Waals surface area contributed by atoms with Gasteiger partial charge in [-0.25, -0.2) is 5.16 Å². The van der Waals surface area contributed by atoms with E-state index in [4.69, 9.17) is 25.2 Å². The van der Waals surface area contributed by atoms with E-state index in [0.717, 1.165) is 20.4 Å². The Labute approximate surface area is 236 Å². The minimum absolute atomic E-state index is 0. The summed E-state index contributed by atoms with van der Waals surface area (Å²) in [5, 5.41) is 3.46. The molecule has 29 heavy (non-hydrogen) atoms. The van der Waals surface area contributed by atoms with Crippen LogP contribution in [0.4, 0.5) is 0 Å². The van der Waals surface area contributed by atoms with E-state index in [-0.39, 0.29) is 63.7 Å². The van der Waals surface area contributed by atoms with E-state index in [1.54, 1.807) is 6.07 Å². The first-order valence-electron chi connectivity index (χ1n) is 7.43. The van der Waals surface area contributed by atoms with Crippen LogP contribution in [0.2, 0.25) is 0 Å². The van der Waals surface area contributed by atoms with Crippen molar-refractivity contribution in [3.8, 4) is 23.8 Å². The van der Waals surface area contributed by atoms with Gasteiger partial charge in [-0.1, -0.05) is 37.8 Å². The van der Waals surface area contributed by atoms with Crippen molar-refractivity contribution in [3.05, 3.63) is 75.5 Å². The number of ether oxygens (including phenoxy) is 2. The summed E-state index contributed by atoms with van der Waals surface area (Å²) >= 11 is 6.66. The molecule has 3 rings (SSSR count). The number of rotatable bonds is 5. The van der Waals surface area contributed by atoms with Crippen LogP contribution in [0.25, 0.3) is 0 Å². The molecule has 0 spiro atoms. The Bertz CT molecular complexity index is 814. The number of nitrogens with zero attached hydrogens (tertiary/aromatic N) is 1. The zero-order valence-corrected chi connectivity index (χ0v) is 26.6. The predicted octanol–water partition coefficient (Wildman–Crippen LogP) is 5.25. The number of hydrogen-bond acceptors (Lipinski definition) is 5. The monoisotopic (exact) mass is 969 g/mol. The second kappa shape index (κ2) is 19.5. The van der Waals surface area contributed by atoms with E-state index in [9.17, 15) is 0 Å². The number of halogens is 2. The molecule has 0 unspecified atom stereocenters. The number of terminal acetylenes is 1. The largest absolute Gasteiger partial charge is 0.545 e. The molecule has 0 aliphatic heterocycles.